The summed E-state index contributed by atoms with van der Waals surface area (Å²) in [4.78, 5) is 28.2. The Morgan fingerprint density at radius 1 is 1.25 bits per heavy atom. The van der Waals surface area contributed by atoms with Crippen LogP contribution in [0.4, 0.5) is 0 Å². The number of hydrogen-bond donors (Lipinski definition) is 1. The van der Waals surface area contributed by atoms with E-state index in [2.05, 4.69) is 10.2 Å². The Balaban J connectivity index is 1.82. The predicted molar refractivity (Wildman–Crippen MR) is 92.4 cm³/mol. The van der Waals surface area contributed by atoms with Crippen molar-refractivity contribution in [3.8, 4) is 0 Å². The van der Waals surface area contributed by atoms with E-state index in [1.165, 1.54) is 6.92 Å². The largest absolute Gasteiger partial charge is 0.379 e. The van der Waals surface area contributed by atoms with Crippen molar-refractivity contribution in [3.63, 3.8) is 0 Å². The van der Waals surface area contributed by atoms with E-state index in [1.54, 1.807) is 11.8 Å². The van der Waals surface area contributed by atoms with Crippen LogP contribution in [0.5, 0.6) is 0 Å². The summed E-state index contributed by atoms with van der Waals surface area (Å²) in [5.41, 5.74) is 1.01. The minimum atomic E-state index is -0.493. The number of ether oxygens (including phenoxy) is 1. The maximum absolute atomic E-state index is 12.4. The van der Waals surface area contributed by atoms with Crippen molar-refractivity contribution in [1.82, 2.24) is 15.1 Å². The monoisotopic (exact) mass is 333 g/mol. The van der Waals surface area contributed by atoms with Gasteiger partial charge in [-0.2, -0.15) is 0 Å². The zero-order chi connectivity index (χ0) is 17.4. The first-order chi connectivity index (χ1) is 11.6. The normalized spacial score (nSPS) is 16.4. The lowest BCUT2D eigenvalue weighted by atomic mass is 10.1. The third-order valence-corrected chi connectivity index (χ3v) is 4.28. The molecule has 1 aromatic rings. The van der Waals surface area contributed by atoms with E-state index in [0.29, 0.717) is 13.1 Å². The van der Waals surface area contributed by atoms with Gasteiger partial charge in [0.15, 0.2) is 0 Å². The number of nitrogens with one attached hydrogen (secondary N) is 1. The molecular weight excluding hydrogens is 306 g/mol. The Bertz CT molecular complexity index is 530. The zero-order valence-corrected chi connectivity index (χ0v) is 14.5. The fraction of sp³-hybridized carbons (Fsp3) is 0.556. The van der Waals surface area contributed by atoms with E-state index < -0.39 is 6.04 Å². The van der Waals surface area contributed by atoms with Gasteiger partial charge in [0.05, 0.1) is 13.2 Å². The molecule has 1 saturated heterocycles. The van der Waals surface area contributed by atoms with Gasteiger partial charge in [0, 0.05) is 39.6 Å². The highest BCUT2D eigenvalue weighted by atomic mass is 16.5. The third kappa shape index (κ3) is 5.62. The van der Waals surface area contributed by atoms with E-state index >= 15 is 0 Å². The molecule has 2 amide bonds. The van der Waals surface area contributed by atoms with Gasteiger partial charge in [-0.15, -0.1) is 0 Å². The van der Waals surface area contributed by atoms with Crippen LogP contribution >= 0.6 is 0 Å². The first-order valence-corrected chi connectivity index (χ1v) is 8.47. The molecule has 132 valence electrons. The van der Waals surface area contributed by atoms with Crippen LogP contribution in [-0.2, 0) is 20.9 Å². The van der Waals surface area contributed by atoms with Gasteiger partial charge in [0.1, 0.15) is 6.04 Å². The highest BCUT2D eigenvalue weighted by Crippen LogP contribution is 2.09. The molecule has 1 atom stereocenters. The summed E-state index contributed by atoms with van der Waals surface area (Å²) in [6.07, 6.45) is 0. The molecule has 1 heterocycles. The Morgan fingerprint density at radius 2 is 1.92 bits per heavy atom. The SMILES string of the molecule is CC(=O)N(Cc1ccccc1)C(C)C(=O)NCCN1CCOCC1. The summed E-state index contributed by atoms with van der Waals surface area (Å²) in [6, 6.07) is 9.22. The minimum Gasteiger partial charge on any atom is -0.379 e. The average Bonchev–Trinajstić information content (AvgIpc) is 2.60. The van der Waals surface area contributed by atoms with Crippen LogP contribution in [0.2, 0.25) is 0 Å². The molecule has 1 aromatic carbocycles. The summed E-state index contributed by atoms with van der Waals surface area (Å²) >= 11 is 0. The molecule has 0 radical (unpaired) electrons. The molecule has 0 bridgehead atoms. The quantitative estimate of drug-likeness (QED) is 0.804. The van der Waals surface area contributed by atoms with Crippen LogP contribution in [0.1, 0.15) is 19.4 Å². The van der Waals surface area contributed by atoms with Crippen molar-refractivity contribution in [3.05, 3.63) is 35.9 Å². The van der Waals surface area contributed by atoms with Crippen molar-refractivity contribution in [2.45, 2.75) is 26.4 Å². The lowest BCUT2D eigenvalue weighted by molar-refractivity contribution is -0.139. The van der Waals surface area contributed by atoms with Crippen molar-refractivity contribution >= 4 is 11.8 Å². The molecular formula is C18H27N3O3. The summed E-state index contributed by atoms with van der Waals surface area (Å²) in [5.74, 6) is -0.218. The molecule has 0 spiro atoms. The van der Waals surface area contributed by atoms with Crippen LogP contribution in [0, 0.1) is 0 Å². The minimum absolute atomic E-state index is 0.102. The molecule has 1 fully saturated rings. The van der Waals surface area contributed by atoms with Crippen LogP contribution in [0.3, 0.4) is 0 Å². The van der Waals surface area contributed by atoms with Crippen LogP contribution < -0.4 is 5.32 Å². The fourth-order valence-corrected chi connectivity index (χ4v) is 2.75. The van der Waals surface area contributed by atoms with Crippen molar-refractivity contribution in [2.75, 3.05) is 39.4 Å². The van der Waals surface area contributed by atoms with Crippen molar-refractivity contribution in [1.29, 1.82) is 0 Å². The summed E-state index contributed by atoms with van der Waals surface area (Å²) in [7, 11) is 0. The molecule has 1 N–H and O–H groups in total. The zero-order valence-electron chi connectivity index (χ0n) is 14.5. The Hall–Kier alpha value is -1.92. The number of amides is 2. The second-order valence-corrected chi connectivity index (χ2v) is 6.05. The molecule has 2 rings (SSSR count). The molecule has 6 heteroatoms. The van der Waals surface area contributed by atoms with E-state index in [1.807, 2.05) is 30.3 Å². The summed E-state index contributed by atoms with van der Waals surface area (Å²) in [6.45, 7) is 8.40. The van der Waals surface area contributed by atoms with E-state index in [-0.39, 0.29) is 11.8 Å². The smallest absolute Gasteiger partial charge is 0.242 e. The topological polar surface area (TPSA) is 61.9 Å². The van der Waals surface area contributed by atoms with Gasteiger partial charge in [0.2, 0.25) is 11.8 Å². The van der Waals surface area contributed by atoms with E-state index in [9.17, 15) is 9.59 Å². The lowest BCUT2D eigenvalue weighted by Gasteiger charge is -2.29. The first-order valence-electron chi connectivity index (χ1n) is 8.47. The molecule has 0 aliphatic carbocycles. The highest BCUT2D eigenvalue weighted by molar-refractivity contribution is 5.86. The highest BCUT2D eigenvalue weighted by Gasteiger charge is 2.23. The van der Waals surface area contributed by atoms with Gasteiger partial charge in [-0.3, -0.25) is 14.5 Å². The van der Waals surface area contributed by atoms with Crippen LogP contribution in [-0.4, -0.2) is 67.0 Å². The standard InChI is InChI=1S/C18H27N3O3/c1-15(18(23)19-8-9-20-10-12-24-13-11-20)21(16(2)22)14-17-6-4-3-5-7-17/h3-7,15H,8-14H2,1-2H3,(H,19,23). The third-order valence-electron chi connectivity index (χ3n) is 4.28. The average molecular weight is 333 g/mol. The van der Waals surface area contributed by atoms with E-state index in [0.717, 1.165) is 38.4 Å². The molecule has 1 aliphatic heterocycles. The second-order valence-electron chi connectivity index (χ2n) is 6.05. The molecule has 24 heavy (non-hydrogen) atoms. The maximum Gasteiger partial charge on any atom is 0.242 e. The number of morpholine rings is 1. The molecule has 1 unspecified atom stereocenters. The van der Waals surface area contributed by atoms with Crippen LogP contribution in [0.15, 0.2) is 30.3 Å². The number of carbonyl (C=O) groups excluding carboxylic acids is 2. The molecule has 6 nitrogen and oxygen atoms in total. The molecule has 1 aliphatic rings. The van der Waals surface area contributed by atoms with Gasteiger partial charge in [0.25, 0.3) is 0 Å². The first kappa shape index (κ1) is 18.4. The van der Waals surface area contributed by atoms with Gasteiger partial charge in [-0.05, 0) is 12.5 Å². The van der Waals surface area contributed by atoms with Crippen molar-refractivity contribution in [2.24, 2.45) is 0 Å². The van der Waals surface area contributed by atoms with E-state index in [4.69, 9.17) is 4.74 Å². The number of benzene rings is 1. The predicted octanol–water partition coefficient (Wildman–Crippen LogP) is 0.872. The summed E-state index contributed by atoms with van der Waals surface area (Å²) in [5, 5.41) is 2.94. The Morgan fingerprint density at radius 3 is 2.54 bits per heavy atom. The molecule has 0 aromatic heterocycles. The number of hydrogen-bond acceptors (Lipinski definition) is 4. The number of nitrogens with zero attached hydrogens (tertiary/aromatic N) is 2. The Kier molecular flexibility index (Phi) is 7.21. The lowest BCUT2D eigenvalue weighted by Crippen LogP contribution is -2.49. The Labute approximate surface area is 143 Å². The van der Waals surface area contributed by atoms with Gasteiger partial charge in [-0.1, -0.05) is 30.3 Å². The maximum atomic E-state index is 12.4. The number of carbonyl (C=O) groups is 2. The fourth-order valence-electron chi connectivity index (χ4n) is 2.75. The van der Waals surface area contributed by atoms with Crippen LogP contribution in [0.25, 0.3) is 0 Å². The second kappa shape index (κ2) is 9.39. The van der Waals surface area contributed by atoms with Gasteiger partial charge < -0.3 is 15.0 Å². The summed E-state index contributed by atoms with van der Waals surface area (Å²) < 4.78 is 5.31. The number of rotatable bonds is 7. The van der Waals surface area contributed by atoms with Crippen molar-refractivity contribution < 1.29 is 14.3 Å². The van der Waals surface area contributed by atoms with Gasteiger partial charge >= 0.3 is 0 Å². The molecule has 0 saturated carbocycles. The van der Waals surface area contributed by atoms with Gasteiger partial charge in [-0.25, -0.2) is 0 Å².